The molecule has 2 N–H and O–H groups in total. The molecule has 2 aromatic carbocycles. The number of benzene rings is 2. The summed E-state index contributed by atoms with van der Waals surface area (Å²) >= 11 is 6.34. The molecule has 0 bridgehead atoms. The van der Waals surface area contributed by atoms with E-state index >= 15 is 0 Å². The number of carboxylic acids is 1. The highest BCUT2D eigenvalue weighted by molar-refractivity contribution is 6.32. The van der Waals surface area contributed by atoms with Gasteiger partial charge in [0.15, 0.2) is 5.65 Å². The Hall–Kier alpha value is -4.69. The average molecular weight is 555 g/mol. The summed E-state index contributed by atoms with van der Waals surface area (Å²) in [5.74, 6) is -1.82. The summed E-state index contributed by atoms with van der Waals surface area (Å²) in [4.78, 5) is 34.7. The van der Waals surface area contributed by atoms with Gasteiger partial charge in [0, 0.05) is 28.5 Å². The minimum Gasteiger partial charge on any atom is -0.478 e. The number of aromatic nitrogens is 3. The molecule has 0 aliphatic carbocycles. The van der Waals surface area contributed by atoms with Crippen LogP contribution in [0.1, 0.15) is 30.8 Å². The maximum absolute atomic E-state index is 13.4. The summed E-state index contributed by atoms with van der Waals surface area (Å²) in [6.07, 6.45) is 5.12. The minimum atomic E-state index is -1.13. The largest absolute Gasteiger partial charge is 0.478 e. The lowest BCUT2D eigenvalue weighted by Crippen LogP contribution is -2.32. The van der Waals surface area contributed by atoms with Crippen LogP contribution in [-0.2, 0) is 14.3 Å². The monoisotopic (exact) mass is 554 g/mol. The average Bonchev–Trinajstić information content (AvgIpc) is 3.27. The minimum absolute atomic E-state index is 0.0553. The van der Waals surface area contributed by atoms with Gasteiger partial charge in [-0.15, -0.1) is 0 Å². The number of carboxylic acid groups (broad SMARTS) is 1. The van der Waals surface area contributed by atoms with Crippen molar-refractivity contribution in [2.24, 2.45) is 5.92 Å². The molecule has 9 heteroatoms. The van der Waals surface area contributed by atoms with Crippen LogP contribution in [0.4, 0.5) is 0 Å². The normalized spacial score (nSPS) is 15.6. The number of esters is 1. The highest BCUT2D eigenvalue weighted by Gasteiger charge is 2.36. The molecule has 4 aromatic rings. The van der Waals surface area contributed by atoms with Gasteiger partial charge < -0.3 is 15.2 Å². The van der Waals surface area contributed by atoms with Gasteiger partial charge in [-0.2, -0.15) is 0 Å². The molecule has 1 aliphatic rings. The number of rotatable bonds is 7. The summed E-state index contributed by atoms with van der Waals surface area (Å²) in [5.41, 5.74) is 4.98. The first kappa shape index (κ1) is 26.9. The van der Waals surface area contributed by atoms with Crippen LogP contribution in [0.2, 0.25) is 5.02 Å². The van der Waals surface area contributed by atoms with Crippen molar-refractivity contribution in [2.75, 3.05) is 6.61 Å². The highest BCUT2D eigenvalue weighted by Crippen LogP contribution is 2.37. The van der Waals surface area contributed by atoms with Crippen LogP contribution in [0.5, 0.6) is 0 Å². The van der Waals surface area contributed by atoms with E-state index in [4.69, 9.17) is 16.3 Å². The van der Waals surface area contributed by atoms with Crippen LogP contribution in [0.15, 0.2) is 89.8 Å². The Morgan fingerprint density at radius 3 is 2.52 bits per heavy atom. The van der Waals surface area contributed by atoms with Crippen molar-refractivity contribution in [3.8, 4) is 5.69 Å². The summed E-state index contributed by atoms with van der Waals surface area (Å²) in [6.45, 7) is 5.45. The number of halogens is 1. The number of imidazole rings is 1. The van der Waals surface area contributed by atoms with Crippen LogP contribution >= 0.6 is 11.6 Å². The molecule has 1 aliphatic heterocycles. The van der Waals surface area contributed by atoms with Gasteiger partial charge in [-0.1, -0.05) is 54.1 Å². The zero-order valence-corrected chi connectivity index (χ0v) is 22.9. The van der Waals surface area contributed by atoms with Gasteiger partial charge in [-0.3, -0.25) is 4.57 Å². The molecule has 40 heavy (non-hydrogen) atoms. The Morgan fingerprint density at radius 1 is 1.07 bits per heavy atom. The van der Waals surface area contributed by atoms with Gasteiger partial charge >= 0.3 is 11.9 Å². The second kappa shape index (κ2) is 11.2. The van der Waals surface area contributed by atoms with Crippen molar-refractivity contribution in [3.05, 3.63) is 112 Å². The quantitative estimate of drug-likeness (QED) is 0.272. The molecule has 1 atom stereocenters. The molecule has 0 saturated carbocycles. The number of carbonyl (C=O) groups is 2. The fraction of sp³-hybridized carbons (Fsp3) is 0.161. The number of fused-ring (bicyclic) bond motifs is 1. The number of nitrogens with zero attached hydrogens (tertiary/aromatic N) is 3. The van der Waals surface area contributed by atoms with Crippen LogP contribution < -0.4 is 5.32 Å². The first-order valence-corrected chi connectivity index (χ1v) is 13.1. The molecule has 0 radical (unpaired) electrons. The van der Waals surface area contributed by atoms with Crippen molar-refractivity contribution in [3.63, 3.8) is 0 Å². The molecular weight excluding hydrogens is 528 g/mol. The number of ether oxygens (including phenoxy) is 1. The maximum atomic E-state index is 13.4. The summed E-state index contributed by atoms with van der Waals surface area (Å²) in [7, 11) is 0. The first-order chi connectivity index (χ1) is 19.3. The van der Waals surface area contributed by atoms with Crippen molar-refractivity contribution in [2.45, 2.75) is 20.8 Å². The lowest BCUT2D eigenvalue weighted by molar-refractivity contribution is -0.138. The van der Waals surface area contributed by atoms with Gasteiger partial charge in [0.25, 0.3) is 0 Å². The van der Waals surface area contributed by atoms with Crippen LogP contribution in [0.3, 0.4) is 0 Å². The Kier molecular flexibility index (Phi) is 7.53. The molecular formula is C31H27ClN4O4. The van der Waals surface area contributed by atoms with E-state index < -0.39 is 17.9 Å². The SMILES string of the molecule is CCOC(=O)C1=C(c2ccc(-n3c(C)nc4ncccc43)cc2)NC(C)=C(C(=O)O)C1C=Cc1ccccc1Cl. The van der Waals surface area contributed by atoms with Crippen molar-refractivity contribution in [1.29, 1.82) is 0 Å². The summed E-state index contributed by atoms with van der Waals surface area (Å²) < 4.78 is 7.42. The van der Waals surface area contributed by atoms with Gasteiger partial charge in [0.1, 0.15) is 5.82 Å². The van der Waals surface area contributed by atoms with Crippen molar-refractivity contribution in [1.82, 2.24) is 19.9 Å². The second-order valence-corrected chi connectivity index (χ2v) is 9.63. The van der Waals surface area contributed by atoms with Gasteiger partial charge in [0.2, 0.25) is 0 Å². The highest BCUT2D eigenvalue weighted by atomic mass is 35.5. The van der Waals surface area contributed by atoms with E-state index in [2.05, 4.69) is 15.3 Å². The number of pyridine rings is 1. The lowest BCUT2D eigenvalue weighted by atomic mass is 9.83. The molecule has 202 valence electrons. The second-order valence-electron chi connectivity index (χ2n) is 9.22. The number of allylic oxidation sites excluding steroid dienone is 2. The number of hydrogen-bond acceptors (Lipinski definition) is 6. The molecule has 0 spiro atoms. The standard InChI is InChI=1S/C31H27ClN4O4/c1-4-40-31(39)27-23(16-13-20-8-5-6-9-24(20)32)26(30(37)38)18(2)34-28(27)21-11-14-22(15-12-21)36-19(3)35-29-25(36)10-7-17-33-29/h5-17,23,34H,4H2,1-3H3,(H,37,38). The van der Waals surface area contributed by atoms with E-state index in [0.717, 1.165) is 17.0 Å². The van der Waals surface area contributed by atoms with Crippen LogP contribution in [0, 0.1) is 12.8 Å². The Balaban J connectivity index is 1.63. The number of nitrogens with one attached hydrogen (secondary N) is 1. The van der Waals surface area contributed by atoms with E-state index in [1.807, 2.05) is 66.1 Å². The molecule has 0 fully saturated rings. The molecule has 1 unspecified atom stereocenters. The summed E-state index contributed by atoms with van der Waals surface area (Å²) in [5, 5.41) is 13.8. The van der Waals surface area contributed by atoms with E-state index in [1.54, 1.807) is 38.3 Å². The van der Waals surface area contributed by atoms with Crippen LogP contribution in [-0.4, -0.2) is 38.2 Å². The van der Waals surface area contributed by atoms with Gasteiger partial charge in [-0.25, -0.2) is 19.6 Å². The number of aliphatic carboxylic acids is 1. The third-order valence-electron chi connectivity index (χ3n) is 6.72. The molecule has 5 rings (SSSR count). The Bertz CT molecular complexity index is 1720. The van der Waals surface area contributed by atoms with E-state index in [0.29, 0.717) is 33.2 Å². The van der Waals surface area contributed by atoms with Crippen molar-refractivity contribution >= 4 is 46.5 Å². The zero-order valence-electron chi connectivity index (χ0n) is 22.2. The van der Waals surface area contributed by atoms with Gasteiger partial charge in [-0.05, 0) is 62.2 Å². The molecule has 0 amide bonds. The fourth-order valence-corrected chi connectivity index (χ4v) is 5.15. The summed E-state index contributed by atoms with van der Waals surface area (Å²) in [6, 6.07) is 18.7. The van der Waals surface area contributed by atoms with Gasteiger partial charge in [0.05, 0.1) is 29.0 Å². The molecule has 0 saturated heterocycles. The van der Waals surface area contributed by atoms with E-state index in [1.165, 1.54) is 0 Å². The fourth-order valence-electron chi connectivity index (χ4n) is 4.95. The topological polar surface area (TPSA) is 106 Å². The molecule has 3 heterocycles. The lowest BCUT2D eigenvalue weighted by Gasteiger charge is -2.29. The number of dihydropyridines is 1. The van der Waals surface area contributed by atoms with E-state index in [-0.39, 0.29) is 17.8 Å². The Labute approximate surface area is 236 Å². The smallest absolute Gasteiger partial charge is 0.337 e. The Morgan fingerprint density at radius 2 is 1.82 bits per heavy atom. The predicted octanol–water partition coefficient (Wildman–Crippen LogP) is 5.95. The van der Waals surface area contributed by atoms with E-state index in [9.17, 15) is 14.7 Å². The van der Waals surface area contributed by atoms with Crippen molar-refractivity contribution < 1.29 is 19.4 Å². The number of hydrogen-bond donors (Lipinski definition) is 2. The maximum Gasteiger partial charge on any atom is 0.337 e. The first-order valence-electron chi connectivity index (χ1n) is 12.8. The third kappa shape index (κ3) is 5.01. The van der Waals surface area contributed by atoms with Crippen LogP contribution in [0.25, 0.3) is 28.6 Å². The zero-order chi connectivity index (χ0) is 28.4. The number of carbonyl (C=O) groups excluding carboxylic acids is 1. The molecule has 8 nitrogen and oxygen atoms in total. The third-order valence-corrected chi connectivity index (χ3v) is 7.06. The molecule has 2 aromatic heterocycles. The predicted molar refractivity (Wildman–Crippen MR) is 155 cm³/mol. The number of aryl methyl sites for hydroxylation is 1.